The Labute approximate surface area is 155 Å². The second-order valence-corrected chi connectivity index (χ2v) is 7.88. The molecule has 0 aliphatic heterocycles. The molecule has 1 aliphatic carbocycles. The number of Topliss-reactive ketones (excluding diaryl/α,β-unsaturated/α-hetero) is 3. The fraction of sp³-hybridized carbons (Fsp3) is 0.571. The summed E-state index contributed by atoms with van der Waals surface area (Å²) in [6.45, 7) is 10.9. The Morgan fingerprint density at radius 3 is 2.12 bits per heavy atom. The average Bonchev–Trinajstić information content (AvgIpc) is 2.50. The number of aliphatic hydroxyl groups excluding tert-OH is 1. The zero-order valence-corrected chi connectivity index (χ0v) is 16.5. The first kappa shape index (κ1) is 22.0. The van der Waals surface area contributed by atoms with Crippen molar-refractivity contribution in [1.82, 2.24) is 0 Å². The van der Waals surface area contributed by atoms with E-state index in [0.717, 1.165) is 11.1 Å². The molecule has 0 amide bonds. The number of carbonyl (C=O) groups excluding carboxylic acids is 3. The zero-order valence-electron chi connectivity index (χ0n) is 16.5. The monoisotopic (exact) mass is 362 g/mol. The SMILES string of the molecule is CC(C)=CCC1=C(O)[C@](O)(CC=C(C)C)C(=O)C(C(=O)CC(C)C)C1=O. The summed E-state index contributed by atoms with van der Waals surface area (Å²) in [6, 6.07) is 0. The van der Waals surface area contributed by atoms with Gasteiger partial charge in [0.2, 0.25) is 0 Å². The van der Waals surface area contributed by atoms with Gasteiger partial charge < -0.3 is 10.2 Å². The summed E-state index contributed by atoms with van der Waals surface area (Å²) in [5, 5.41) is 21.5. The highest BCUT2D eigenvalue weighted by Gasteiger charge is 2.54. The number of aliphatic hydroxyl groups is 2. The minimum absolute atomic E-state index is 0.0188. The van der Waals surface area contributed by atoms with Gasteiger partial charge in [-0.05, 0) is 40.0 Å². The molecule has 0 saturated carbocycles. The molecule has 0 saturated heterocycles. The zero-order chi connectivity index (χ0) is 20.2. The van der Waals surface area contributed by atoms with Crippen LogP contribution in [0.3, 0.4) is 0 Å². The maximum atomic E-state index is 12.9. The molecule has 5 heteroatoms. The Hall–Kier alpha value is -2.01. The van der Waals surface area contributed by atoms with Crippen molar-refractivity contribution in [2.45, 2.75) is 66.4 Å². The molecule has 0 heterocycles. The number of hydrogen-bond donors (Lipinski definition) is 2. The van der Waals surface area contributed by atoms with Crippen LogP contribution in [0.5, 0.6) is 0 Å². The van der Waals surface area contributed by atoms with E-state index in [4.69, 9.17) is 0 Å². The van der Waals surface area contributed by atoms with E-state index in [1.165, 1.54) is 0 Å². The van der Waals surface area contributed by atoms with Gasteiger partial charge in [0.05, 0.1) is 0 Å². The summed E-state index contributed by atoms with van der Waals surface area (Å²) >= 11 is 0. The van der Waals surface area contributed by atoms with Crippen molar-refractivity contribution in [3.8, 4) is 0 Å². The van der Waals surface area contributed by atoms with Crippen LogP contribution in [0.25, 0.3) is 0 Å². The van der Waals surface area contributed by atoms with E-state index in [9.17, 15) is 24.6 Å². The van der Waals surface area contributed by atoms with Crippen LogP contribution >= 0.6 is 0 Å². The summed E-state index contributed by atoms with van der Waals surface area (Å²) in [5.74, 6) is -4.33. The van der Waals surface area contributed by atoms with Crippen molar-refractivity contribution >= 4 is 17.3 Å². The third kappa shape index (κ3) is 4.79. The molecule has 1 aliphatic rings. The van der Waals surface area contributed by atoms with Crippen LogP contribution in [-0.4, -0.2) is 33.2 Å². The highest BCUT2D eigenvalue weighted by atomic mass is 16.3. The van der Waals surface area contributed by atoms with Gasteiger partial charge in [0.25, 0.3) is 0 Å². The van der Waals surface area contributed by atoms with Gasteiger partial charge in [0, 0.05) is 18.4 Å². The molecule has 2 atom stereocenters. The lowest BCUT2D eigenvalue weighted by Crippen LogP contribution is -2.53. The molecule has 0 aromatic heterocycles. The second kappa shape index (κ2) is 8.58. The molecule has 0 aromatic carbocycles. The molecule has 0 bridgehead atoms. The summed E-state index contributed by atoms with van der Waals surface area (Å²) in [6.07, 6.45) is 3.31. The van der Waals surface area contributed by atoms with E-state index < -0.39 is 34.6 Å². The van der Waals surface area contributed by atoms with E-state index in [0.29, 0.717) is 0 Å². The number of rotatable bonds is 7. The Morgan fingerprint density at radius 2 is 1.65 bits per heavy atom. The lowest BCUT2D eigenvalue weighted by molar-refractivity contribution is -0.151. The van der Waals surface area contributed by atoms with E-state index in [1.54, 1.807) is 26.0 Å². The first-order valence-corrected chi connectivity index (χ1v) is 8.94. The number of ketones is 3. The van der Waals surface area contributed by atoms with Gasteiger partial charge in [-0.2, -0.15) is 0 Å². The molecule has 0 aromatic rings. The third-order valence-corrected chi connectivity index (χ3v) is 4.36. The Bertz CT molecular complexity index is 685. The average molecular weight is 362 g/mol. The Balaban J connectivity index is 3.49. The molecular weight excluding hydrogens is 332 g/mol. The normalized spacial score (nSPS) is 23.3. The van der Waals surface area contributed by atoms with Gasteiger partial charge in [-0.15, -0.1) is 0 Å². The molecule has 144 valence electrons. The van der Waals surface area contributed by atoms with Crippen LogP contribution in [0.15, 0.2) is 34.6 Å². The number of hydrogen-bond acceptors (Lipinski definition) is 5. The van der Waals surface area contributed by atoms with Crippen LogP contribution in [0.2, 0.25) is 0 Å². The quantitative estimate of drug-likeness (QED) is 0.533. The first-order chi connectivity index (χ1) is 11.9. The molecule has 1 rings (SSSR count). The van der Waals surface area contributed by atoms with Crippen LogP contribution < -0.4 is 0 Å². The summed E-state index contributed by atoms with van der Waals surface area (Å²) in [4.78, 5) is 38.2. The number of carbonyl (C=O) groups is 3. The van der Waals surface area contributed by atoms with Crippen LogP contribution in [0.4, 0.5) is 0 Å². The van der Waals surface area contributed by atoms with Crippen molar-refractivity contribution in [1.29, 1.82) is 0 Å². The molecule has 0 radical (unpaired) electrons. The van der Waals surface area contributed by atoms with E-state index in [1.807, 2.05) is 27.7 Å². The van der Waals surface area contributed by atoms with Gasteiger partial charge in [-0.1, -0.05) is 37.1 Å². The summed E-state index contributed by atoms with van der Waals surface area (Å²) < 4.78 is 0. The first-order valence-electron chi connectivity index (χ1n) is 8.94. The topological polar surface area (TPSA) is 91.7 Å². The molecule has 0 spiro atoms. The third-order valence-electron chi connectivity index (χ3n) is 4.36. The van der Waals surface area contributed by atoms with Crippen LogP contribution in [0, 0.1) is 11.8 Å². The fourth-order valence-electron chi connectivity index (χ4n) is 2.88. The molecule has 1 unspecified atom stereocenters. The van der Waals surface area contributed by atoms with Crippen molar-refractivity contribution in [2.75, 3.05) is 0 Å². The maximum Gasteiger partial charge on any atom is 0.190 e. The van der Waals surface area contributed by atoms with E-state index >= 15 is 0 Å². The van der Waals surface area contributed by atoms with Gasteiger partial charge in [-0.3, -0.25) is 14.4 Å². The minimum Gasteiger partial charge on any atom is -0.508 e. The van der Waals surface area contributed by atoms with E-state index in [2.05, 4.69) is 0 Å². The standard InChI is InChI=1S/C21H30O5/c1-12(2)7-8-15-18(23)17(16(22)11-14(5)6)20(25)21(26,19(15)24)10-9-13(3)4/h7,9,14,17,24,26H,8,10-11H2,1-6H3/t17?,21-/m1/s1. The summed E-state index contributed by atoms with van der Waals surface area (Å²) in [7, 11) is 0. The maximum absolute atomic E-state index is 12.9. The highest BCUT2D eigenvalue weighted by Crippen LogP contribution is 2.36. The van der Waals surface area contributed by atoms with Crippen molar-refractivity contribution in [3.05, 3.63) is 34.6 Å². The predicted molar refractivity (Wildman–Crippen MR) is 101 cm³/mol. The lowest BCUT2D eigenvalue weighted by Gasteiger charge is -2.34. The van der Waals surface area contributed by atoms with E-state index in [-0.39, 0.29) is 30.8 Å². The van der Waals surface area contributed by atoms with Crippen LogP contribution in [0.1, 0.15) is 60.8 Å². The lowest BCUT2D eigenvalue weighted by atomic mass is 9.71. The highest BCUT2D eigenvalue weighted by molar-refractivity contribution is 6.28. The van der Waals surface area contributed by atoms with Gasteiger partial charge in [-0.25, -0.2) is 0 Å². The molecule has 26 heavy (non-hydrogen) atoms. The van der Waals surface area contributed by atoms with Crippen LogP contribution in [-0.2, 0) is 14.4 Å². The molecule has 5 nitrogen and oxygen atoms in total. The van der Waals surface area contributed by atoms with Crippen molar-refractivity contribution in [3.63, 3.8) is 0 Å². The van der Waals surface area contributed by atoms with Crippen molar-refractivity contribution in [2.24, 2.45) is 11.8 Å². The molecular formula is C21H30O5. The largest absolute Gasteiger partial charge is 0.508 e. The Kier molecular flexibility index (Phi) is 7.27. The van der Waals surface area contributed by atoms with Gasteiger partial charge in [0.1, 0.15) is 11.7 Å². The minimum atomic E-state index is -2.24. The summed E-state index contributed by atoms with van der Waals surface area (Å²) in [5.41, 5.74) is -0.523. The smallest absolute Gasteiger partial charge is 0.190 e. The molecule has 0 fully saturated rings. The Morgan fingerprint density at radius 1 is 1.12 bits per heavy atom. The van der Waals surface area contributed by atoms with Gasteiger partial charge in [0.15, 0.2) is 23.0 Å². The second-order valence-electron chi connectivity index (χ2n) is 7.88. The molecule has 2 N–H and O–H groups in total. The number of allylic oxidation sites excluding steroid dienone is 4. The predicted octanol–water partition coefficient (Wildman–Crippen LogP) is 3.63. The van der Waals surface area contributed by atoms with Crippen molar-refractivity contribution < 1.29 is 24.6 Å². The van der Waals surface area contributed by atoms with Gasteiger partial charge >= 0.3 is 0 Å². The fourth-order valence-corrected chi connectivity index (χ4v) is 2.88.